The Balaban J connectivity index is 1.69. The van der Waals surface area contributed by atoms with Gasteiger partial charge in [-0.05, 0) is 48.5 Å². The number of hydrogen-bond acceptors (Lipinski definition) is 3. The summed E-state index contributed by atoms with van der Waals surface area (Å²) in [5, 5.41) is 3.75. The second-order valence-electron chi connectivity index (χ2n) is 6.04. The van der Waals surface area contributed by atoms with Gasteiger partial charge in [0.1, 0.15) is 12.4 Å². The lowest BCUT2D eigenvalue weighted by atomic mass is 10.2. The van der Waals surface area contributed by atoms with Crippen molar-refractivity contribution in [2.24, 2.45) is 0 Å². The molecule has 2 aromatic carbocycles. The average molecular weight is 381 g/mol. The average Bonchev–Trinajstić information content (AvgIpc) is 2.69. The van der Waals surface area contributed by atoms with E-state index in [-0.39, 0.29) is 5.56 Å². The summed E-state index contributed by atoms with van der Waals surface area (Å²) in [4.78, 5) is 12.4. The first-order chi connectivity index (χ1) is 13.2. The molecule has 3 rings (SSSR count). The Labute approximate surface area is 163 Å². The van der Waals surface area contributed by atoms with E-state index in [0.717, 1.165) is 23.4 Å². The predicted octanol–water partition coefficient (Wildman–Crippen LogP) is 4.30. The van der Waals surface area contributed by atoms with Crippen molar-refractivity contribution in [3.63, 3.8) is 0 Å². The number of nitrogens with zero attached hydrogens (tertiary/aromatic N) is 1. The van der Waals surface area contributed by atoms with Crippen LogP contribution in [0.3, 0.4) is 0 Å². The summed E-state index contributed by atoms with van der Waals surface area (Å²) in [6.07, 6.45) is 5.82. The van der Waals surface area contributed by atoms with Gasteiger partial charge in [-0.25, -0.2) is 0 Å². The lowest BCUT2D eigenvalue weighted by Gasteiger charge is -2.09. The third-order valence-corrected chi connectivity index (χ3v) is 4.27. The monoisotopic (exact) mass is 380 g/mol. The van der Waals surface area contributed by atoms with Crippen molar-refractivity contribution in [1.82, 2.24) is 9.88 Å². The Hall–Kier alpha value is -2.82. The van der Waals surface area contributed by atoms with Gasteiger partial charge >= 0.3 is 0 Å². The molecule has 0 spiro atoms. The number of nitrogens with one attached hydrogen (secondary N) is 1. The Morgan fingerprint density at radius 1 is 1.07 bits per heavy atom. The Morgan fingerprint density at radius 3 is 2.48 bits per heavy atom. The van der Waals surface area contributed by atoms with Gasteiger partial charge in [0.25, 0.3) is 5.56 Å². The third-order valence-electron chi connectivity index (χ3n) is 4.01. The van der Waals surface area contributed by atoms with Gasteiger partial charge < -0.3 is 10.1 Å². The summed E-state index contributed by atoms with van der Waals surface area (Å²) in [6.45, 7) is 1.20. The summed E-state index contributed by atoms with van der Waals surface area (Å²) < 4.78 is 7.30. The molecular formula is C22H21ClN2O2. The smallest absolute Gasteiger partial charge is 0.258 e. The van der Waals surface area contributed by atoms with Crippen molar-refractivity contribution in [1.29, 1.82) is 0 Å². The molecule has 27 heavy (non-hydrogen) atoms. The zero-order valence-corrected chi connectivity index (χ0v) is 15.8. The molecule has 5 heteroatoms. The highest BCUT2D eigenvalue weighted by atomic mass is 35.5. The van der Waals surface area contributed by atoms with E-state index in [1.807, 2.05) is 67.7 Å². The van der Waals surface area contributed by atoms with E-state index in [4.69, 9.17) is 16.3 Å². The summed E-state index contributed by atoms with van der Waals surface area (Å²) in [5.41, 5.74) is 2.76. The maximum Gasteiger partial charge on any atom is 0.258 e. The number of rotatable bonds is 7. The van der Waals surface area contributed by atoms with Crippen LogP contribution >= 0.6 is 11.6 Å². The van der Waals surface area contributed by atoms with Crippen molar-refractivity contribution in [2.75, 3.05) is 13.6 Å². The van der Waals surface area contributed by atoms with Gasteiger partial charge in [0, 0.05) is 29.5 Å². The number of halogens is 1. The zero-order valence-electron chi connectivity index (χ0n) is 15.1. The standard InChI is InChI=1S/C22H21ClN2O2/c1-24-13-2-3-17-6-10-20(11-7-17)25-14-12-21(15-22(25)26)27-16-18-4-8-19(23)9-5-18/h2-12,14-15,24H,13,16H2,1H3/b3-2+. The van der Waals surface area contributed by atoms with Crippen LogP contribution in [0, 0.1) is 0 Å². The molecule has 1 heterocycles. The molecule has 0 bridgehead atoms. The van der Waals surface area contributed by atoms with Crippen LogP contribution in [-0.4, -0.2) is 18.2 Å². The molecule has 0 saturated carbocycles. The largest absolute Gasteiger partial charge is 0.489 e. The number of benzene rings is 2. The number of aromatic nitrogens is 1. The van der Waals surface area contributed by atoms with Crippen LogP contribution in [0.25, 0.3) is 11.8 Å². The van der Waals surface area contributed by atoms with E-state index < -0.39 is 0 Å². The molecule has 0 saturated heterocycles. The van der Waals surface area contributed by atoms with Crippen molar-refractivity contribution in [3.8, 4) is 11.4 Å². The van der Waals surface area contributed by atoms with Crippen molar-refractivity contribution >= 4 is 17.7 Å². The van der Waals surface area contributed by atoms with Gasteiger partial charge in [-0.15, -0.1) is 0 Å². The SMILES string of the molecule is CNC/C=C/c1ccc(-n2ccc(OCc3ccc(Cl)cc3)cc2=O)cc1. The van der Waals surface area contributed by atoms with Crippen LogP contribution in [0.2, 0.25) is 5.02 Å². The summed E-state index contributed by atoms with van der Waals surface area (Å²) in [6, 6.07) is 18.5. The second-order valence-corrected chi connectivity index (χ2v) is 6.47. The van der Waals surface area contributed by atoms with Crippen LogP contribution in [0.1, 0.15) is 11.1 Å². The third kappa shape index (κ3) is 5.33. The molecule has 4 nitrogen and oxygen atoms in total. The van der Waals surface area contributed by atoms with Gasteiger partial charge in [-0.2, -0.15) is 0 Å². The lowest BCUT2D eigenvalue weighted by molar-refractivity contribution is 0.305. The summed E-state index contributed by atoms with van der Waals surface area (Å²) in [7, 11) is 1.91. The molecule has 3 aromatic rings. The highest BCUT2D eigenvalue weighted by Crippen LogP contribution is 2.15. The lowest BCUT2D eigenvalue weighted by Crippen LogP contribution is -2.16. The van der Waals surface area contributed by atoms with Gasteiger partial charge in [0.15, 0.2) is 0 Å². The molecule has 138 valence electrons. The molecular weight excluding hydrogens is 360 g/mol. The maximum absolute atomic E-state index is 12.4. The van der Waals surface area contributed by atoms with E-state index in [0.29, 0.717) is 17.4 Å². The first-order valence-corrected chi connectivity index (χ1v) is 9.05. The minimum absolute atomic E-state index is 0.137. The van der Waals surface area contributed by atoms with Crippen LogP contribution in [-0.2, 0) is 6.61 Å². The maximum atomic E-state index is 12.4. The van der Waals surface area contributed by atoms with Crippen LogP contribution in [0.4, 0.5) is 0 Å². The molecule has 0 aliphatic heterocycles. The quantitative estimate of drug-likeness (QED) is 0.664. The summed E-state index contributed by atoms with van der Waals surface area (Å²) >= 11 is 5.88. The van der Waals surface area contributed by atoms with E-state index in [1.165, 1.54) is 6.07 Å². The molecule has 0 aliphatic rings. The van der Waals surface area contributed by atoms with E-state index in [2.05, 4.69) is 5.32 Å². The molecule has 0 aliphatic carbocycles. The molecule has 1 aromatic heterocycles. The minimum atomic E-state index is -0.137. The van der Waals surface area contributed by atoms with E-state index >= 15 is 0 Å². The van der Waals surface area contributed by atoms with Gasteiger partial charge in [-0.3, -0.25) is 9.36 Å². The molecule has 1 N–H and O–H groups in total. The minimum Gasteiger partial charge on any atom is -0.489 e. The first-order valence-electron chi connectivity index (χ1n) is 8.67. The molecule has 0 radical (unpaired) electrons. The highest BCUT2D eigenvalue weighted by molar-refractivity contribution is 6.30. The zero-order chi connectivity index (χ0) is 19.1. The van der Waals surface area contributed by atoms with Crippen LogP contribution in [0.15, 0.2) is 77.7 Å². The van der Waals surface area contributed by atoms with E-state index in [9.17, 15) is 4.79 Å². The van der Waals surface area contributed by atoms with E-state index in [1.54, 1.807) is 16.8 Å². The highest BCUT2D eigenvalue weighted by Gasteiger charge is 2.03. The summed E-state index contributed by atoms with van der Waals surface area (Å²) in [5.74, 6) is 0.540. The fraction of sp³-hybridized carbons (Fsp3) is 0.136. The number of likely N-dealkylation sites (N-methyl/N-ethyl adjacent to an activating group) is 1. The fourth-order valence-electron chi connectivity index (χ4n) is 2.57. The Morgan fingerprint density at radius 2 is 1.81 bits per heavy atom. The molecule has 0 fully saturated rings. The molecule has 0 atom stereocenters. The topological polar surface area (TPSA) is 43.3 Å². The van der Waals surface area contributed by atoms with Crippen LogP contribution in [0.5, 0.6) is 5.75 Å². The molecule has 0 unspecified atom stereocenters. The van der Waals surface area contributed by atoms with Gasteiger partial charge in [0.05, 0.1) is 0 Å². The van der Waals surface area contributed by atoms with Crippen molar-refractivity contribution in [3.05, 3.63) is 99.4 Å². The van der Waals surface area contributed by atoms with Gasteiger partial charge in [-0.1, -0.05) is 48.0 Å². The van der Waals surface area contributed by atoms with Crippen LogP contribution < -0.4 is 15.6 Å². The first kappa shape index (κ1) is 19.0. The fourth-order valence-corrected chi connectivity index (χ4v) is 2.70. The number of pyridine rings is 1. The Bertz CT molecular complexity index is 961. The Kier molecular flexibility index (Phi) is 6.47. The van der Waals surface area contributed by atoms with Gasteiger partial charge in [0.2, 0.25) is 0 Å². The van der Waals surface area contributed by atoms with Crippen molar-refractivity contribution in [2.45, 2.75) is 6.61 Å². The van der Waals surface area contributed by atoms with Crippen molar-refractivity contribution < 1.29 is 4.74 Å². The second kappa shape index (κ2) is 9.21. The molecule has 0 amide bonds. The number of hydrogen-bond donors (Lipinski definition) is 1. The normalized spacial score (nSPS) is 11.0. The number of ether oxygens (including phenoxy) is 1. The predicted molar refractivity (Wildman–Crippen MR) is 111 cm³/mol.